The van der Waals surface area contributed by atoms with Gasteiger partial charge in [-0.3, -0.25) is 4.79 Å². The summed E-state index contributed by atoms with van der Waals surface area (Å²) < 4.78 is 5.26. The van der Waals surface area contributed by atoms with E-state index in [1.165, 1.54) is 0 Å². The first-order valence-electron chi connectivity index (χ1n) is 9.92. The number of methoxy groups -OCH3 is 1. The van der Waals surface area contributed by atoms with Crippen molar-refractivity contribution in [3.63, 3.8) is 0 Å². The third kappa shape index (κ3) is 2.70. The molecule has 1 N–H and O–H groups in total. The van der Waals surface area contributed by atoms with Gasteiger partial charge in [-0.2, -0.15) is 0 Å². The maximum atomic E-state index is 13.7. The molecule has 2 atom stereocenters. The summed E-state index contributed by atoms with van der Waals surface area (Å²) in [6.45, 7) is 0.355. The molecule has 1 spiro atoms. The van der Waals surface area contributed by atoms with Crippen molar-refractivity contribution in [2.45, 2.75) is 24.3 Å². The Morgan fingerprint density at radius 1 is 1.10 bits per heavy atom. The number of rotatable bonds is 5. The molecular weight excluding hydrogens is 378 g/mol. The lowest BCUT2D eigenvalue weighted by molar-refractivity contribution is -0.120. The number of para-hydroxylation sites is 1. The van der Waals surface area contributed by atoms with Gasteiger partial charge in [0.2, 0.25) is 5.91 Å². The second-order valence-electron chi connectivity index (χ2n) is 7.92. The highest BCUT2D eigenvalue weighted by Crippen LogP contribution is 2.66. The molecule has 1 aliphatic heterocycles. The molecule has 0 bridgehead atoms. The number of fused-ring (bicyclic) bond motifs is 2. The Morgan fingerprint density at radius 2 is 1.87 bits per heavy atom. The number of benzene rings is 3. The van der Waals surface area contributed by atoms with Gasteiger partial charge in [0, 0.05) is 11.6 Å². The minimum Gasteiger partial charge on any atom is -0.497 e. The van der Waals surface area contributed by atoms with Crippen LogP contribution in [0.15, 0.2) is 72.8 Å². The van der Waals surface area contributed by atoms with E-state index in [1.807, 2.05) is 54.6 Å². The Morgan fingerprint density at radius 3 is 2.60 bits per heavy atom. The lowest BCUT2D eigenvalue weighted by Gasteiger charge is -2.19. The molecule has 1 heterocycles. The van der Waals surface area contributed by atoms with Crippen molar-refractivity contribution in [3.05, 3.63) is 95.1 Å². The largest absolute Gasteiger partial charge is 0.497 e. The third-order valence-corrected chi connectivity index (χ3v) is 6.30. The highest BCUT2D eigenvalue weighted by Gasteiger charge is 2.67. The zero-order valence-corrected chi connectivity index (χ0v) is 16.5. The predicted molar refractivity (Wildman–Crippen MR) is 113 cm³/mol. The van der Waals surface area contributed by atoms with E-state index < -0.39 is 11.4 Å². The first-order valence-corrected chi connectivity index (χ1v) is 9.92. The maximum Gasteiger partial charge on any atom is 0.335 e. The zero-order valence-electron chi connectivity index (χ0n) is 16.5. The van der Waals surface area contributed by atoms with E-state index in [4.69, 9.17) is 4.74 Å². The van der Waals surface area contributed by atoms with E-state index in [-0.39, 0.29) is 17.4 Å². The van der Waals surface area contributed by atoms with Crippen molar-refractivity contribution in [2.75, 3.05) is 12.0 Å². The van der Waals surface area contributed by atoms with Gasteiger partial charge in [-0.15, -0.1) is 0 Å². The van der Waals surface area contributed by atoms with Gasteiger partial charge in [0.15, 0.2) is 0 Å². The Bertz CT molecular complexity index is 1150. The van der Waals surface area contributed by atoms with Gasteiger partial charge >= 0.3 is 5.97 Å². The molecule has 3 aromatic carbocycles. The summed E-state index contributed by atoms with van der Waals surface area (Å²) in [7, 11) is 1.64. The van der Waals surface area contributed by atoms with E-state index in [2.05, 4.69) is 0 Å². The second-order valence-corrected chi connectivity index (χ2v) is 7.92. The molecule has 3 aromatic rings. The van der Waals surface area contributed by atoms with Crippen LogP contribution in [0.5, 0.6) is 5.75 Å². The number of hydrogen-bond acceptors (Lipinski definition) is 3. The first kappa shape index (κ1) is 18.4. The number of nitrogens with zero attached hydrogens (tertiary/aromatic N) is 1. The van der Waals surface area contributed by atoms with Crippen LogP contribution in [0.1, 0.15) is 39.4 Å². The van der Waals surface area contributed by atoms with E-state index in [9.17, 15) is 14.7 Å². The number of amides is 1. The van der Waals surface area contributed by atoms with Crippen molar-refractivity contribution in [2.24, 2.45) is 0 Å². The van der Waals surface area contributed by atoms with Crippen LogP contribution in [0.25, 0.3) is 0 Å². The zero-order chi connectivity index (χ0) is 20.9. The number of carbonyl (C=O) groups excluding carboxylic acids is 1. The first-order chi connectivity index (χ1) is 14.5. The molecule has 1 amide bonds. The molecule has 150 valence electrons. The van der Waals surface area contributed by atoms with Crippen molar-refractivity contribution in [1.82, 2.24) is 0 Å². The monoisotopic (exact) mass is 399 g/mol. The fourth-order valence-electron chi connectivity index (χ4n) is 4.73. The maximum absolute atomic E-state index is 13.7. The minimum atomic E-state index is -0.969. The second kappa shape index (κ2) is 6.73. The van der Waals surface area contributed by atoms with Crippen LogP contribution >= 0.6 is 0 Å². The quantitative estimate of drug-likeness (QED) is 0.692. The highest BCUT2D eigenvalue weighted by molar-refractivity contribution is 6.11. The average Bonchev–Trinajstić information content (AvgIpc) is 3.49. The van der Waals surface area contributed by atoms with Crippen LogP contribution < -0.4 is 9.64 Å². The van der Waals surface area contributed by atoms with Gasteiger partial charge in [-0.25, -0.2) is 4.79 Å². The van der Waals surface area contributed by atoms with Crippen molar-refractivity contribution >= 4 is 17.6 Å². The molecule has 2 aliphatic rings. The Labute approximate surface area is 174 Å². The number of ether oxygens (including phenoxy) is 1. The summed E-state index contributed by atoms with van der Waals surface area (Å²) in [6.07, 6.45) is 0.779. The minimum absolute atomic E-state index is 0.0882. The van der Waals surface area contributed by atoms with Gasteiger partial charge in [-0.05, 0) is 53.4 Å². The van der Waals surface area contributed by atoms with Crippen LogP contribution in [-0.2, 0) is 16.8 Å². The highest BCUT2D eigenvalue weighted by atomic mass is 16.5. The standard InChI is InChI=1S/C25H21NO4/c1-30-19-11-9-17(10-12-19)21-14-25(21)20-7-2-3-8-22(20)26(24(25)29)15-16-5-4-6-18(13-16)23(27)28/h2-13,21H,14-15H2,1H3,(H,27,28)/t21-,25-/m1/s1. The van der Waals surface area contributed by atoms with Crippen LogP contribution in [0.3, 0.4) is 0 Å². The van der Waals surface area contributed by atoms with E-state index >= 15 is 0 Å². The molecule has 0 aromatic heterocycles. The number of anilines is 1. The Balaban J connectivity index is 1.49. The van der Waals surface area contributed by atoms with Crippen LogP contribution in [0.4, 0.5) is 5.69 Å². The van der Waals surface area contributed by atoms with Gasteiger partial charge in [-0.1, -0.05) is 42.5 Å². The van der Waals surface area contributed by atoms with Crippen molar-refractivity contribution < 1.29 is 19.4 Å². The molecule has 5 nitrogen and oxygen atoms in total. The summed E-state index contributed by atoms with van der Waals surface area (Å²) in [5.74, 6) is 0.0485. The van der Waals surface area contributed by atoms with Crippen LogP contribution in [0.2, 0.25) is 0 Å². The summed E-state index contributed by atoms with van der Waals surface area (Å²) >= 11 is 0. The normalized spacial score (nSPS) is 21.6. The molecule has 5 heteroatoms. The Kier molecular flexibility index (Phi) is 4.13. The fraction of sp³-hybridized carbons (Fsp3) is 0.200. The number of carboxylic acids is 1. The topological polar surface area (TPSA) is 66.8 Å². The van der Waals surface area contributed by atoms with Gasteiger partial charge < -0.3 is 14.7 Å². The third-order valence-electron chi connectivity index (χ3n) is 6.30. The lowest BCUT2D eigenvalue weighted by Crippen LogP contribution is -2.32. The molecule has 0 unspecified atom stereocenters. The Hall–Kier alpha value is -3.60. The van der Waals surface area contributed by atoms with Crippen molar-refractivity contribution in [3.8, 4) is 5.75 Å². The molecule has 0 saturated heterocycles. The smallest absolute Gasteiger partial charge is 0.335 e. The molecule has 30 heavy (non-hydrogen) atoms. The molecule has 1 aliphatic carbocycles. The van der Waals surface area contributed by atoms with Gasteiger partial charge in [0.05, 0.1) is 24.6 Å². The molecular formula is C25H21NO4. The summed E-state index contributed by atoms with van der Waals surface area (Å²) in [6, 6.07) is 22.7. The van der Waals surface area contributed by atoms with E-state index in [0.717, 1.165) is 34.5 Å². The summed E-state index contributed by atoms with van der Waals surface area (Å²) in [4.78, 5) is 26.8. The summed E-state index contributed by atoms with van der Waals surface area (Å²) in [5, 5.41) is 9.28. The lowest BCUT2D eigenvalue weighted by atomic mass is 9.92. The number of carboxylic acid groups (broad SMARTS) is 1. The number of carbonyl (C=O) groups is 2. The molecule has 0 radical (unpaired) electrons. The SMILES string of the molecule is COc1ccc([C@H]2C[C@]23C(=O)N(Cc2cccc(C(=O)O)c2)c2ccccc23)cc1. The van der Waals surface area contributed by atoms with E-state index in [0.29, 0.717) is 6.54 Å². The molecule has 1 fully saturated rings. The fourth-order valence-corrected chi connectivity index (χ4v) is 4.73. The molecule has 1 saturated carbocycles. The number of aromatic carboxylic acids is 1. The van der Waals surface area contributed by atoms with E-state index in [1.54, 1.807) is 30.2 Å². The van der Waals surface area contributed by atoms with Crippen molar-refractivity contribution in [1.29, 1.82) is 0 Å². The van der Waals surface area contributed by atoms with Gasteiger partial charge in [0.25, 0.3) is 0 Å². The predicted octanol–water partition coefficient (Wildman–Crippen LogP) is 4.37. The van der Waals surface area contributed by atoms with Crippen LogP contribution in [0, 0.1) is 0 Å². The number of hydrogen-bond donors (Lipinski definition) is 1. The summed E-state index contributed by atoms with van der Waals surface area (Å²) in [5.41, 5.74) is 3.61. The van der Waals surface area contributed by atoms with Gasteiger partial charge in [0.1, 0.15) is 5.75 Å². The average molecular weight is 399 g/mol. The molecule has 5 rings (SSSR count). The van der Waals surface area contributed by atoms with Crippen LogP contribution in [-0.4, -0.2) is 24.1 Å².